The van der Waals surface area contributed by atoms with Crippen molar-refractivity contribution >= 4 is 5.91 Å². The molecule has 0 saturated carbocycles. The van der Waals surface area contributed by atoms with Crippen LogP contribution in [0.2, 0.25) is 0 Å². The number of carbonyl (C=O) groups is 1. The Balaban J connectivity index is 1.92. The molecule has 0 bridgehead atoms. The van der Waals surface area contributed by atoms with Gasteiger partial charge in [-0.2, -0.15) is 0 Å². The van der Waals surface area contributed by atoms with E-state index in [2.05, 4.69) is 22.8 Å². The monoisotopic (exact) mass is 321 g/mol. The Morgan fingerprint density at radius 2 is 1.65 bits per heavy atom. The zero-order valence-electron chi connectivity index (χ0n) is 14.3. The van der Waals surface area contributed by atoms with Crippen LogP contribution in [0.5, 0.6) is 11.5 Å². The summed E-state index contributed by atoms with van der Waals surface area (Å²) in [6.45, 7) is 7.69. The van der Waals surface area contributed by atoms with Gasteiger partial charge < -0.3 is 20.1 Å². The van der Waals surface area contributed by atoms with Crippen molar-refractivity contribution in [1.82, 2.24) is 9.80 Å². The van der Waals surface area contributed by atoms with Gasteiger partial charge in [-0.3, -0.25) is 9.69 Å². The number of ether oxygens (including phenoxy) is 2. The van der Waals surface area contributed by atoms with E-state index in [4.69, 9.17) is 15.2 Å². The largest absolute Gasteiger partial charge is 0.493 e. The summed E-state index contributed by atoms with van der Waals surface area (Å²) in [5.41, 5.74) is 7.67. The van der Waals surface area contributed by atoms with Crippen LogP contribution in [-0.4, -0.2) is 62.7 Å². The molecule has 1 aromatic carbocycles. The molecule has 2 rings (SSSR count). The fraction of sp³-hybridized carbons (Fsp3) is 0.588. The van der Waals surface area contributed by atoms with Crippen LogP contribution in [0.4, 0.5) is 0 Å². The molecule has 2 N–H and O–H groups in total. The van der Waals surface area contributed by atoms with Gasteiger partial charge in [-0.15, -0.1) is 0 Å². The molecule has 1 saturated heterocycles. The predicted molar refractivity (Wildman–Crippen MR) is 89.8 cm³/mol. The van der Waals surface area contributed by atoms with Gasteiger partial charge in [0.15, 0.2) is 11.5 Å². The maximum Gasteiger partial charge on any atom is 0.218 e. The highest BCUT2D eigenvalue weighted by atomic mass is 16.5. The van der Waals surface area contributed by atoms with Gasteiger partial charge in [0.2, 0.25) is 5.91 Å². The average molecular weight is 321 g/mol. The lowest BCUT2D eigenvalue weighted by Crippen LogP contribution is -2.46. The number of benzene rings is 1. The highest BCUT2D eigenvalue weighted by Gasteiger charge is 2.18. The normalized spacial score (nSPS) is 16.3. The third kappa shape index (κ3) is 4.84. The second-order valence-electron chi connectivity index (χ2n) is 5.97. The maximum absolute atomic E-state index is 10.9. The standard InChI is InChI=1S/C17H27N3O3/c1-13-10-15(22-2)16(23-3)11-14(13)12-20-8-6-19(7-9-20)5-4-17(18)21/h10-11H,4-9,12H2,1-3H3,(H2,18,21). The zero-order chi connectivity index (χ0) is 16.8. The number of rotatable bonds is 7. The van der Waals surface area contributed by atoms with Crippen molar-refractivity contribution in [2.45, 2.75) is 19.9 Å². The molecule has 6 nitrogen and oxygen atoms in total. The first-order chi connectivity index (χ1) is 11.0. The lowest BCUT2D eigenvalue weighted by Gasteiger charge is -2.34. The number of amides is 1. The van der Waals surface area contributed by atoms with Gasteiger partial charge in [-0.05, 0) is 30.2 Å². The Labute approximate surface area is 138 Å². The number of methoxy groups -OCH3 is 2. The van der Waals surface area contributed by atoms with Gasteiger partial charge in [0.1, 0.15) is 0 Å². The molecule has 128 valence electrons. The lowest BCUT2D eigenvalue weighted by atomic mass is 10.1. The summed E-state index contributed by atoms with van der Waals surface area (Å²) in [6.07, 6.45) is 0.439. The van der Waals surface area contributed by atoms with Crippen LogP contribution in [0.15, 0.2) is 12.1 Å². The fourth-order valence-corrected chi connectivity index (χ4v) is 2.87. The Hall–Kier alpha value is -1.79. The summed E-state index contributed by atoms with van der Waals surface area (Å²) < 4.78 is 10.7. The Morgan fingerprint density at radius 3 is 2.22 bits per heavy atom. The lowest BCUT2D eigenvalue weighted by molar-refractivity contribution is -0.118. The summed E-state index contributed by atoms with van der Waals surface area (Å²) in [5, 5.41) is 0. The minimum Gasteiger partial charge on any atom is -0.493 e. The molecule has 6 heteroatoms. The van der Waals surface area contributed by atoms with Gasteiger partial charge in [-0.1, -0.05) is 0 Å². The van der Waals surface area contributed by atoms with E-state index in [0.29, 0.717) is 6.42 Å². The highest BCUT2D eigenvalue weighted by molar-refractivity contribution is 5.73. The van der Waals surface area contributed by atoms with Crippen molar-refractivity contribution in [3.05, 3.63) is 23.3 Å². The first-order valence-corrected chi connectivity index (χ1v) is 7.98. The van der Waals surface area contributed by atoms with Gasteiger partial charge >= 0.3 is 0 Å². The molecule has 1 aliphatic rings. The van der Waals surface area contributed by atoms with Crippen molar-refractivity contribution in [2.75, 3.05) is 46.9 Å². The first-order valence-electron chi connectivity index (χ1n) is 7.98. The van der Waals surface area contributed by atoms with Crippen LogP contribution in [0.25, 0.3) is 0 Å². The quantitative estimate of drug-likeness (QED) is 0.812. The highest BCUT2D eigenvalue weighted by Crippen LogP contribution is 2.30. The number of carbonyl (C=O) groups excluding carboxylic acids is 1. The third-order valence-electron chi connectivity index (χ3n) is 4.38. The van der Waals surface area contributed by atoms with E-state index < -0.39 is 0 Å². The molecule has 1 heterocycles. The predicted octanol–water partition coefficient (Wildman–Crippen LogP) is 1.01. The van der Waals surface area contributed by atoms with Crippen LogP contribution in [-0.2, 0) is 11.3 Å². The summed E-state index contributed by atoms with van der Waals surface area (Å²) in [5.74, 6) is 1.31. The van der Waals surface area contributed by atoms with Crippen molar-refractivity contribution < 1.29 is 14.3 Å². The van der Waals surface area contributed by atoms with Crippen LogP contribution in [0.1, 0.15) is 17.5 Å². The number of hydrogen-bond acceptors (Lipinski definition) is 5. The third-order valence-corrected chi connectivity index (χ3v) is 4.38. The van der Waals surface area contributed by atoms with Crippen LogP contribution in [0, 0.1) is 6.92 Å². The van der Waals surface area contributed by atoms with E-state index in [-0.39, 0.29) is 5.91 Å². The molecule has 1 aromatic rings. The molecular formula is C17H27N3O3. The second kappa shape index (κ2) is 8.17. The van der Waals surface area contributed by atoms with E-state index >= 15 is 0 Å². The van der Waals surface area contributed by atoms with Crippen molar-refractivity contribution in [3.8, 4) is 11.5 Å². The van der Waals surface area contributed by atoms with Gasteiger partial charge in [0.25, 0.3) is 0 Å². The summed E-state index contributed by atoms with van der Waals surface area (Å²) in [6, 6.07) is 4.09. The van der Waals surface area contributed by atoms with Crippen LogP contribution < -0.4 is 15.2 Å². The van der Waals surface area contributed by atoms with Gasteiger partial charge in [0, 0.05) is 45.7 Å². The maximum atomic E-state index is 10.9. The summed E-state index contributed by atoms with van der Waals surface area (Å²) in [4.78, 5) is 15.6. The minimum absolute atomic E-state index is 0.228. The Morgan fingerprint density at radius 1 is 1.09 bits per heavy atom. The van der Waals surface area contributed by atoms with E-state index in [0.717, 1.165) is 50.8 Å². The molecule has 0 aromatic heterocycles. The molecule has 0 spiro atoms. The average Bonchev–Trinajstić information content (AvgIpc) is 2.55. The van der Waals surface area contributed by atoms with Crippen molar-refractivity contribution in [3.63, 3.8) is 0 Å². The van der Waals surface area contributed by atoms with E-state index in [1.54, 1.807) is 14.2 Å². The number of primary amides is 1. The molecule has 1 fully saturated rings. The number of nitrogens with zero attached hydrogens (tertiary/aromatic N) is 2. The molecular weight excluding hydrogens is 294 g/mol. The molecule has 1 aliphatic heterocycles. The van der Waals surface area contributed by atoms with E-state index in [9.17, 15) is 4.79 Å². The molecule has 0 aliphatic carbocycles. The van der Waals surface area contributed by atoms with Crippen LogP contribution >= 0.6 is 0 Å². The SMILES string of the molecule is COc1cc(C)c(CN2CCN(CCC(N)=O)CC2)cc1OC. The topological polar surface area (TPSA) is 68.0 Å². The smallest absolute Gasteiger partial charge is 0.218 e. The Bertz CT molecular complexity index is 540. The zero-order valence-corrected chi connectivity index (χ0v) is 14.3. The molecule has 0 unspecified atom stereocenters. The first kappa shape index (κ1) is 17.6. The molecule has 0 atom stereocenters. The molecule has 23 heavy (non-hydrogen) atoms. The Kier molecular flexibility index (Phi) is 6.24. The number of piperazine rings is 1. The molecule has 1 amide bonds. The summed E-state index contributed by atoms with van der Waals surface area (Å²) >= 11 is 0. The summed E-state index contributed by atoms with van der Waals surface area (Å²) in [7, 11) is 3.32. The van der Waals surface area contributed by atoms with Crippen LogP contribution in [0.3, 0.4) is 0 Å². The number of aryl methyl sites for hydroxylation is 1. The van der Waals surface area contributed by atoms with Crippen molar-refractivity contribution in [1.29, 1.82) is 0 Å². The molecule has 0 radical (unpaired) electrons. The van der Waals surface area contributed by atoms with Gasteiger partial charge in [0.05, 0.1) is 14.2 Å². The van der Waals surface area contributed by atoms with Gasteiger partial charge in [-0.25, -0.2) is 0 Å². The van der Waals surface area contributed by atoms with E-state index in [1.807, 2.05) is 6.07 Å². The van der Waals surface area contributed by atoms with E-state index in [1.165, 1.54) is 11.1 Å². The number of hydrogen-bond donors (Lipinski definition) is 1. The fourth-order valence-electron chi connectivity index (χ4n) is 2.87. The van der Waals surface area contributed by atoms with Crippen molar-refractivity contribution in [2.24, 2.45) is 5.73 Å². The number of nitrogens with two attached hydrogens (primary N) is 1. The minimum atomic E-state index is -0.228. The second-order valence-corrected chi connectivity index (χ2v) is 5.97.